The molecule has 1 aromatic heterocycles. The maximum Gasteiger partial charge on any atom is 0.349 e. The number of hydrogen-bond acceptors (Lipinski definition) is 4. The quantitative estimate of drug-likeness (QED) is 0.780. The first-order chi connectivity index (χ1) is 11.9. The third kappa shape index (κ3) is 4.22. The number of amides is 1. The molecule has 0 spiro atoms. The fraction of sp³-hybridized carbons (Fsp3) is 0.368. The molecule has 25 heavy (non-hydrogen) atoms. The highest BCUT2D eigenvalue weighted by atomic mass is 35.5. The van der Waals surface area contributed by atoms with E-state index < -0.39 is 12.1 Å². The van der Waals surface area contributed by atoms with E-state index in [4.69, 9.17) is 16.3 Å². The molecular weight excluding hydrogens is 358 g/mol. The van der Waals surface area contributed by atoms with Gasteiger partial charge in [0.25, 0.3) is 5.91 Å². The SMILES string of the molecule is Cc1ccc(NC(=O)C(C)OC(=O)c2cc3c(s2)CCCC3)cc1Cl. The summed E-state index contributed by atoms with van der Waals surface area (Å²) in [6, 6.07) is 7.17. The smallest absolute Gasteiger partial charge is 0.349 e. The van der Waals surface area contributed by atoms with E-state index in [1.165, 1.54) is 28.2 Å². The molecule has 1 atom stereocenters. The number of esters is 1. The predicted octanol–water partition coefficient (Wildman–Crippen LogP) is 4.77. The zero-order chi connectivity index (χ0) is 18.0. The van der Waals surface area contributed by atoms with Crippen molar-refractivity contribution in [2.75, 3.05) is 5.32 Å². The van der Waals surface area contributed by atoms with Gasteiger partial charge in [-0.25, -0.2) is 4.79 Å². The van der Waals surface area contributed by atoms with E-state index in [0.29, 0.717) is 15.6 Å². The minimum atomic E-state index is -0.883. The first-order valence-corrected chi connectivity index (χ1v) is 9.53. The monoisotopic (exact) mass is 377 g/mol. The molecule has 1 N–H and O–H groups in total. The molecule has 0 aliphatic heterocycles. The van der Waals surface area contributed by atoms with Crippen LogP contribution in [0.25, 0.3) is 0 Å². The van der Waals surface area contributed by atoms with Gasteiger partial charge in [0.1, 0.15) is 4.88 Å². The van der Waals surface area contributed by atoms with Crippen molar-refractivity contribution >= 4 is 40.5 Å². The molecular formula is C19H20ClNO3S. The molecule has 0 saturated carbocycles. The van der Waals surface area contributed by atoms with Gasteiger partial charge in [0.05, 0.1) is 0 Å². The average molecular weight is 378 g/mol. The van der Waals surface area contributed by atoms with Crippen LogP contribution in [0, 0.1) is 6.92 Å². The lowest BCUT2D eigenvalue weighted by Crippen LogP contribution is -2.29. The minimum Gasteiger partial charge on any atom is -0.448 e. The van der Waals surface area contributed by atoms with Gasteiger partial charge in [-0.2, -0.15) is 0 Å². The number of thiophene rings is 1. The predicted molar refractivity (Wildman–Crippen MR) is 101 cm³/mol. The van der Waals surface area contributed by atoms with Crippen LogP contribution in [0.3, 0.4) is 0 Å². The Balaban J connectivity index is 1.61. The summed E-state index contributed by atoms with van der Waals surface area (Å²) in [6.45, 7) is 3.45. The van der Waals surface area contributed by atoms with E-state index >= 15 is 0 Å². The second kappa shape index (κ2) is 7.58. The van der Waals surface area contributed by atoms with E-state index in [0.717, 1.165) is 24.8 Å². The molecule has 1 aliphatic carbocycles. The van der Waals surface area contributed by atoms with E-state index in [1.54, 1.807) is 19.1 Å². The number of ether oxygens (including phenoxy) is 1. The number of carbonyl (C=O) groups excluding carboxylic acids is 2. The number of fused-ring (bicyclic) bond motifs is 1. The maximum atomic E-state index is 12.3. The normalized spacial score (nSPS) is 14.5. The van der Waals surface area contributed by atoms with E-state index in [-0.39, 0.29) is 5.91 Å². The van der Waals surface area contributed by atoms with Crippen LogP contribution >= 0.6 is 22.9 Å². The van der Waals surface area contributed by atoms with Crippen molar-refractivity contribution in [1.82, 2.24) is 0 Å². The van der Waals surface area contributed by atoms with Crippen molar-refractivity contribution < 1.29 is 14.3 Å². The van der Waals surface area contributed by atoms with Crippen LogP contribution in [0.4, 0.5) is 5.69 Å². The molecule has 1 heterocycles. The van der Waals surface area contributed by atoms with Gasteiger partial charge in [0.15, 0.2) is 6.10 Å². The molecule has 0 saturated heterocycles. The highest BCUT2D eigenvalue weighted by molar-refractivity contribution is 7.14. The lowest BCUT2D eigenvalue weighted by atomic mass is 9.99. The Morgan fingerprint density at radius 3 is 2.72 bits per heavy atom. The van der Waals surface area contributed by atoms with E-state index in [2.05, 4.69) is 5.32 Å². The number of anilines is 1. The standard InChI is InChI=1S/C19H20ClNO3S/c1-11-7-8-14(10-15(11)20)21-18(22)12(2)24-19(23)17-9-13-5-3-4-6-16(13)25-17/h7-10,12H,3-6H2,1-2H3,(H,21,22). The fourth-order valence-electron chi connectivity index (χ4n) is 2.78. The first-order valence-electron chi connectivity index (χ1n) is 8.33. The Morgan fingerprint density at radius 1 is 1.24 bits per heavy atom. The van der Waals surface area contributed by atoms with Crippen LogP contribution in [-0.4, -0.2) is 18.0 Å². The Kier molecular flexibility index (Phi) is 5.45. The summed E-state index contributed by atoms with van der Waals surface area (Å²) in [7, 11) is 0. The van der Waals surface area contributed by atoms with Crippen LogP contribution in [0.1, 0.15) is 45.4 Å². The van der Waals surface area contributed by atoms with Gasteiger partial charge < -0.3 is 10.1 Å². The summed E-state index contributed by atoms with van der Waals surface area (Å²) in [4.78, 5) is 26.4. The number of carbonyl (C=O) groups is 2. The third-order valence-corrected chi connectivity index (χ3v) is 5.91. The molecule has 1 unspecified atom stereocenters. The summed E-state index contributed by atoms with van der Waals surface area (Å²) < 4.78 is 5.33. The van der Waals surface area contributed by atoms with Crippen molar-refractivity contribution in [3.05, 3.63) is 50.2 Å². The molecule has 0 fully saturated rings. The second-order valence-electron chi connectivity index (χ2n) is 6.27. The van der Waals surface area contributed by atoms with Crippen LogP contribution in [-0.2, 0) is 22.4 Å². The Morgan fingerprint density at radius 2 is 2.00 bits per heavy atom. The molecule has 1 amide bonds. The van der Waals surface area contributed by atoms with Gasteiger partial charge >= 0.3 is 5.97 Å². The summed E-state index contributed by atoms with van der Waals surface area (Å²) >= 11 is 7.54. The number of benzene rings is 1. The molecule has 4 nitrogen and oxygen atoms in total. The molecule has 6 heteroatoms. The minimum absolute atomic E-state index is 0.380. The van der Waals surface area contributed by atoms with E-state index in [9.17, 15) is 9.59 Å². The number of aryl methyl sites for hydroxylation is 3. The zero-order valence-corrected chi connectivity index (χ0v) is 15.8. The summed E-state index contributed by atoms with van der Waals surface area (Å²) in [5.41, 5.74) is 2.76. The van der Waals surface area contributed by atoms with Crippen LogP contribution in [0.5, 0.6) is 0 Å². The summed E-state index contributed by atoms with van der Waals surface area (Å²) in [6.07, 6.45) is 3.49. The van der Waals surface area contributed by atoms with Gasteiger partial charge in [-0.05, 0) is 68.9 Å². The van der Waals surface area contributed by atoms with Crippen molar-refractivity contribution in [3.63, 3.8) is 0 Å². The van der Waals surface area contributed by atoms with Gasteiger partial charge in [-0.1, -0.05) is 17.7 Å². The zero-order valence-electron chi connectivity index (χ0n) is 14.2. The lowest BCUT2D eigenvalue weighted by molar-refractivity contribution is -0.123. The molecule has 3 rings (SSSR count). The van der Waals surface area contributed by atoms with Crippen molar-refractivity contribution in [2.45, 2.75) is 45.6 Å². The number of rotatable bonds is 4. The lowest BCUT2D eigenvalue weighted by Gasteiger charge is -2.13. The third-order valence-electron chi connectivity index (χ3n) is 4.29. The van der Waals surface area contributed by atoms with Gasteiger partial charge in [0.2, 0.25) is 0 Å². The fourth-order valence-corrected chi connectivity index (χ4v) is 4.10. The maximum absolute atomic E-state index is 12.3. The Bertz CT molecular complexity index is 791. The Labute approximate surface area is 156 Å². The topological polar surface area (TPSA) is 55.4 Å². The van der Waals surface area contributed by atoms with Crippen molar-refractivity contribution in [1.29, 1.82) is 0 Å². The number of nitrogens with one attached hydrogen (secondary N) is 1. The molecule has 0 bridgehead atoms. The van der Waals surface area contributed by atoms with Gasteiger partial charge in [-0.15, -0.1) is 11.3 Å². The summed E-state index contributed by atoms with van der Waals surface area (Å²) in [5, 5.41) is 3.29. The van der Waals surface area contributed by atoms with Crippen molar-refractivity contribution in [3.8, 4) is 0 Å². The van der Waals surface area contributed by atoms with Crippen LogP contribution < -0.4 is 5.32 Å². The van der Waals surface area contributed by atoms with Gasteiger partial charge in [-0.3, -0.25) is 4.79 Å². The number of halogens is 1. The molecule has 1 aliphatic rings. The highest BCUT2D eigenvalue weighted by Gasteiger charge is 2.22. The highest BCUT2D eigenvalue weighted by Crippen LogP contribution is 2.30. The van der Waals surface area contributed by atoms with E-state index in [1.807, 2.05) is 19.1 Å². The van der Waals surface area contributed by atoms with Gasteiger partial charge in [0, 0.05) is 15.6 Å². The molecule has 0 radical (unpaired) electrons. The Hall–Kier alpha value is -1.85. The first kappa shape index (κ1) is 18.0. The van der Waals surface area contributed by atoms with Crippen LogP contribution in [0.15, 0.2) is 24.3 Å². The van der Waals surface area contributed by atoms with Crippen LogP contribution in [0.2, 0.25) is 5.02 Å². The average Bonchev–Trinajstić information content (AvgIpc) is 3.02. The largest absolute Gasteiger partial charge is 0.448 e. The second-order valence-corrected chi connectivity index (χ2v) is 7.81. The molecule has 2 aromatic rings. The molecule has 132 valence electrons. The van der Waals surface area contributed by atoms with Crippen molar-refractivity contribution in [2.24, 2.45) is 0 Å². The summed E-state index contributed by atoms with van der Waals surface area (Å²) in [5.74, 6) is -0.821. The molecule has 1 aromatic carbocycles. The number of hydrogen-bond donors (Lipinski definition) is 1.